The summed E-state index contributed by atoms with van der Waals surface area (Å²) in [6.45, 7) is 2.85. The average Bonchev–Trinajstić information content (AvgIpc) is 2.67. The van der Waals surface area contributed by atoms with Gasteiger partial charge in [-0.2, -0.15) is 0 Å². The molecule has 1 aromatic carbocycles. The van der Waals surface area contributed by atoms with Crippen LogP contribution >= 0.6 is 34.8 Å². The van der Waals surface area contributed by atoms with E-state index in [0.717, 1.165) is 25.0 Å². The lowest BCUT2D eigenvalue weighted by molar-refractivity contribution is 0.0736. The summed E-state index contributed by atoms with van der Waals surface area (Å²) in [6, 6.07) is 5.73. The van der Waals surface area contributed by atoms with Crippen LogP contribution in [-0.2, 0) is 11.2 Å². The van der Waals surface area contributed by atoms with Crippen molar-refractivity contribution >= 4 is 34.8 Å². The van der Waals surface area contributed by atoms with Gasteiger partial charge in [0.2, 0.25) is 0 Å². The van der Waals surface area contributed by atoms with Crippen LogP contribution in [0.3, 0.4) is 0 Å². The van der Waals surface area contributed by atoms with Gasteiger partial charge in [0.1, 0.15) is 0 Å². The van der Waals surface area contributed by atoms with Crippen molar-refractivity contribution in [3.8, 4) is 0 Å². The second-order valence-corrected chi connectivity index (χ2v) is 5.70. The number of hydrogen-bond acceptors (Lipinski definition) is 1. The zero-order valence-corrected chi connectivity index (χ0v) is 11.9. The quantitative estimate of drug-likeness (QED) is 0.742. The minimum absolute atomic E-state index is 0.0180. The second kappa shape index (κ2) is 5.36. The number of hydrogen-bond donors (Lipinski definition) is 0. The molecule has 1 aromatic rings. The molecule has 1 saturated heterocycles. The van der Waals surface area contributed by atoms with Crippen molar-refractivity contribution in [3.63, 3.8) is 0 Å². The second-order valence-electron chi connectivity index (χ2n) is 4.65. The first kappa shape index (κ1) is 13.5. The largest absolute Gasteiger partial charge is 0.378 e. The van der Waals surface area contributed by atoms with Gasteiger partial charge >= 0.3 is 0 Å². The van der Waals surface area contributed by atoms with E-state index in [2.05, 4.69) is 6.92 Å². The van der Waals surface area contributed by atoms with Crippen LogP contribution in [0, 0.1) is 5.41 Å². The fourth-order valence-corrected chi connectivity index (χ4v) is 3.17. The maximum absolute atomic E-state index is 6.22. The van der Waals surface area contributed by atoms with Crippen LogP contribution in [0.25, 0.3) is 0 Å². The van der Waals surface area contributed by atoms with E-state index in [1.807, 2.05) is 12.1 Å². The van der Waals surface area contributed by atoms with E-state index >= 15 is 0 Å². The van der Waals surface area contributed by atoms with Crippen molar-refractivity contribution < 1.29 is 4.74 Å². The summed E-state index contributed by atoms with van der Waals surface area (Å²) in [5.74, 6) is 0.580. The van der Waals surface area contributed by atoms with Crippen LogP contribution in [0.1, 0.15) is 18.9 Å². The lowest BCUT2D eigenvalue weighted by Crippen LogP contribution is -2.33. The van der Waals surface area contributed by atoms with Gasteiger partial charge in [-0.1, -0.05) is 35.3 Å². The molecule has 1 nitrogen and oxygen atoms in total. The van der Waals surface area contributed by atoms with E-state index in [0.29, 0.717) is 15.9 Å². The van der Waals surface area contributed by atoms with Gasteiger partial charge < -0.3 is 4.74 Å². The SMILES string of the molecule is CC1OCCC1(CCl)Cc1cccc(Cl)c1Cl. The number of halogens is 3. The summed E-state index contributed by atoms with van der Waals surface area (Å²) in [7, 11) is 0. The van der Waals surface area contributed by atoms with Crippen LogP contribution in [0.2, 0.25) is 10.0 Å². The molecule has 2 atom stereocenters. The van der Waals surface area contributed by atoms with Gasteiger partial charge in [-0.15, -0.1) is 11.6 Å². The Kier molecular flexibility index (Phi) is 4.25. The average molecular weight is 294 g/mol. The third-order valence-electron chi connectivity index (χ3n) is 3.67. The minimum atomic E-state index is -0.0180. The highest BCUT2D eigenvalue weighted by Crippen LogP contribution is 2.41. The predicted octanol–water partition coefficient (Wildman–Crippen LogP) is 4.57. The van der Waals surface area contributed by atoms with Crippen LogP contribution in [0.5, 0.6) is 0 Å². The van der Waals surface area contributed by atoms with Crippen LogP contribution in [0.4, 0.5) is 0 Å². The molecule has 1 heterocycles. The first-order valence-corrected chi connectivity index (χ1v) is 6.98. The van der Waals surface area contributed by atoms with Crippen molar-refractivity contribution in [2.75, 3.05) is 12.5 Å². The summed E-state index contributed by atoms with van der Waals surface area (Å²) in [6.07, 6.45) is 1.95. The Morgan fingerprint density at radius 1 is 1.41 bits per heavy atom. The standard InChI is InChI=1S/C13H15Cl3O/c1-9-13(8-14,5-6-17-9)7-10-3-2-4-11(15)12(10)16/h2-4,9H,5-8H2,1H3. The van der Waals surface area contributed by atoms with Crippen LogP contribution in [0.15, 0.2) is 18.2 Å². The third kappa shape index (κ3) is 2.58. The molecule has 0 N–H and O–H groups in total. The molecule has 0 spiro atoms. The number of ether oxygens (including phenoxy) is 1. The van der Waals surface area contributed by atoms with Gasteiger partial charge in [0, 0.05) is 17.9 Å². The van der Waals surface area contributed by atoms with Gasteiger partial charge in [-0.3, -0.25) is 0 Å². The van der Waals surface area contributed by atoms with E-state index in [-0.39, 0.29) is 11.5 Å². The maximum atomic E-state index is 6.22. The summed E-state index contributed by atoms with van der Waals surface area (Å²) < 4.78 is 5.64. The fourth-order valence-electron chi connectivity index (χ4n) is 2.34. The lowest BCUT2D eigenvalue weighted by Gasteiger charge is -2.30. The number of rotatable bonds is 3. The molecular formula is C13H15Cl3O. The Labute approximate surface area is 117 Å². The molecule has 1 aliphatic heterocycles. The topological polar surface area (TPSA) is 9.23 Å². The fraction of sp³-hybridized carbons (Fsp3) is 0.538. The van der Waals surface area contributed by atoms with E-state index in [9.17, 15) is 0 Å². The normalized spacial score (nSPS) is 28.6. The molecule has 0 amide bonds. The number of alkyl halides is 1. The Bertz CT molecular complexity index is 408. The van der Waals surface area contributed by atoms with Gasteiger partial charge in [-0.25, -0.2) is 0 Å². The van der Waals surface area contributed by atoms with E-state index < -0.39 is 0 Å². The zero-order valence-electron chi connectivity index (χ0n) is 9.68. The monoisotopic (exact) mass is 292 g/mol. The Balaban J connectivity index is 2.27. The Hall–Kier alpha value is 0.0500. The molecule has 0 aliphatic carbocycles. The molecular weight excluding hydrogens is 279 g/mol. The van der Waals surface area contributed by atoms with E-state index in [1.54, 1.807) is 6.07 Å². The molecule has 2 rings (SSSR count). The zero-order chi connectivity index (χ0) is 12.5. The molecule has 1 fully saturated rings. The summed E-state index contributed by atoms with van der Waals surface area (Å²) in [4.78, 5) is 0. The molecule has 94 valence electrons. The summed E-state index contributed by atoms with van der Waals surface area (Å²) in [5, 5.41) is 1.23. The van der Waals surface area contributed by atoms with Gasteiger partial charge in [-0.05, 0) is 31.4 Å². The Morgan fingerprint density at radius 3 is 2.76 bits per heavy atom. The van der Waals surface area contributed by atoms with Gasteiger partial charge in [0.15, 0.2) is 0 Å². The first-order chi connectivity index (χ1) is 8.09. The van der Waals surface area contributed by atoms with Crippen molar-refractivity contribution in [1.82, 2.24) is 0 Å². The van der Waals surface area contributed by atoms with Crippen LogP contribution < -0.4 is 0 Å². The highest BCUT2D eigenvalue weighted by molar-refractivity contribution is 6.42. The van der Waals surface area contributed by atoms with Crippen molar-refractivity contribution in [2.45, 2.75) is 25.9 Å². The summed E-state index contributed by atoms with van der Waals surface area (Å²) in [5.41, 5.74) is 1.03. The highest BCUT2D eigenvalue weighted by Gasteiger charge is 2.41. The van der Waals surface area contributed by atoms with E-state index in [1.165, 1.54) is 0 Å². The van der Waals surface area contributed by atoms with Crippen molar-refractivity contribution in [2.24, 2.45) is 5.41 Å². The highest BCUT2D eigenvalue weighted by atomic mass is 35.5. The lowest BCUT2D eigenvalue weighted by atomic mass is 9.78. The third-order valence-corrected chi connectivity index (χ3v) is 5.06. The molecule has 17 heavy (non-hydrogen) atoms. The predicted molar refractivity (Wildman–Crippen MR) is 73.4 cm³/mol. The molecule has 2 unspecified atom stereocenters. The summed E-state index contributed by atoms with van der Waals surface area (Å²) >= 11 is 18.4. The molecule has 0 bridgehead atoms. The minimum Gasteiger partial charge on any atom is -0.378 e. The first-order valence-electron chi connectivity index (χ1n) is 5.69. The maximum Gasteiger partial charge on any atom is 0.0624 e. The molecule has 1 aliphatic rings. The molecule has 0 aromatic heterocycles. The Morgan fingerprint density at radius 2 is 2.18 bits per heavy atom. The van der Waals surface area contributed by atoms with Gasteiger partial charge in [0.05, 0.1) is 16.1 Å². The van der Waals surface area contributed by atoms with Crippen LogP contribution in [-0.4, -0.2) is 18.6 Å². The molecule has 4 heteroatoms. The van der Waals surface area contributed by atoms with Crippen molar-refractivity contribution in [1.29, 1.82) is 0 Å². The number of benzene rings is 1. The van der Waals surface area contributed by atoms with Gasteiger partial charge in [0.25, 0.3) is 0 Å². The smallest absolute Gasteiger partial charge is 0.0624 e. The van der Waals surface area contributed by atoms with E-state index in [4.69, 9.17) is 39.5 Å². The molecule has 0 saturated carbocycles. The van der Waals surface area contributed by atoms with Crippen molar-refractivity contribution in [3.05, 3.63) is 33.8 Å². The molecule has 0 radical (unpaired) electrons.